The van der Waals surface area contributed by atoms with Gasteiger partial charge in [0, 0.05) is 0 Å². The molecule has 0 radical (unpaired) electrons. The Balaban J connectivity index is 2.47. The Morgan fingerprint density at radius 1 is 1.17 bits per heavy atom. The molecule has 1 N–H and O–H groups in total. The highest BCUT2D eigenvalue weighted by Gasteiger charge is 2.18. The van der Waals surface area contributed by atoms with Gasteiger partial charge in [-0.05, 0) is 43.2 Å². The Hall–Kier alpha value is -1.02. The van der Waals surface area contributed by atoms with Crippen LogP contribution in [0.1, 0.15) is 52.5 Å². The third-order valence-electron chi connectivity index (χ3n) is 2.97. The lowest BCUT2D eigenvalue weighted by molar-refractivity contribution is 0.177. The lowest BCUT2D eigenvalue weighted by Crippen LogP contribution is -2.13. The van der Waals surface area contributed by atoms with Crippen molar-refractivity contribution in [3.63, 3.8) is 0 Å². The van der Waals surface area contributed by atoms with Gasteiger partial charge in [-0.1, -0.05) is 39.0 Å². The molecule has 1 atom stereocenters. The van der Waals surface area contributed by atoms with Crippen LogP contribution in [0.15, 0.2) is 24.3 Å². The van der Waals surface area contributed by atoms with Crippen molar-refractivity contribution in [1.82, 2.24) is 0 Å². The predicted octanol–water partition coefficient (Wildman–Crippen LogP) is 3.91. The smallest absolute Gasteiger partial charge is 0.123 e. The van der Waals surface area contributed by atoms with E-state index < -0.39 is 0 Å². The predicted molar refractivity (Wildman–Crippen MR) is 76.2 cm³/mol. The van der Waals surface area contributed by atoms with Crippen LogP contribution >= 0.6 is 0 Å². The molecule has 1 aromatic rings. The Kier molecular flexibility index (Phi) is 5.67. The molecule has 2 nitrogen and oxygen atoms in total. The summed E-state index contributed by atoms with van der Waals surface area (Å²) in [6.07, 6.45) is 2.65. The molecular weight excluding hydrogens is 224 g/mol. The maximum absolute atomic E-state index is 9.18. The maximum Gasteiger partial charge on any atom is 0.123 e. The van der Waals surface area contributed by atoms with E-state index in [0.29, 0.717) is 0 Å². The second kappa shape index (κ2) is 6.79. The summed E-state index contributed by atoms with van der Waals surface area (Å²) in [6, 6.07) is 8.24. The molecule has 102 valence electrons. The minimum atomic E-state index is -0.202. The molecule has 2 heteroatoms. The number of rotatable bonds is 6. The van der Waals surface area contributed by atoms with Gasteiger partial charge in [0.1, 0.15) is 5.75 Å². The second-order valence-electron chi connectivity index (χ2n) is 5.94. The van der Waals surface area contributed by atoms with E-state index in [4.69, 9.17) is 4.74 Å². The van der Waals surface area contributed by atoms with Gasteiger partial charge in [0.2, 0.25) is 0 Å². The Bertz CT molecular complexity index is 350. The molecule has 18 heavy (non-hydrogen) atoms. The first-order valence-corrected chi connectivity index (χ1v) is 6.81. The van der Waals surface area contributed by atoms with Crippen molar-refractivity contribution in [1.29, 1.82) is 0 Å². The summed E-state index contributed by atoms with van der Waals surface area (Å²) in [4.78, 5) is 0. The molecule has 0 aromatic heterocycles. The molecule has 1 rings (SSSR count). The van der Waals surface area contributed by atoms with Crippen LogP contribution < -0.4 is 4.74 Å². The number of para-hydroxylation sites is 1. The number of hydrogen-bond donors (Lipinski definition) is 1. The van der Waals surface area contributed by atoms with Crippen LogP contribution in [0.4, 0.5) is 0 Å². The summed E-state index contributed by atoms with van der Waals surface area (Å²) in [7, 11) is 0. The molecule has 0 aliphatic heterocycles. The third kappa shape index (κ3) is 5.09. The first-order valence-electron chi connectivity index (χ1n) is 6.81. The summed E-state index contributed by atoms with van der Waals surface area (Å²) in [6.45, 7) is 9.14. The highest BCUT2D eigenvalue weighted by molar-refractivity contribution is 5.38. The first kappa shape index (κ1) is 15.0. The molecular formula is C16H26O2. The Morgan fingerprint density at radius 3 is 2.44 bits per heavy atom. The largest absolute Gasteiger partial charge is 0.493 e. The minimum absolute atomic E-state index is 0.107. The van der Waals surface area contributed by atoms with E-state index in [0.717, 1.165) is 31.6 Å². The van der Waals surface area contributed by atoms with Crippen LogP contribution in [0.3, 0.4) is 0 Å². The fourth-order valence-electron chi connectivity index (χ4n) is 1.94. The zero-order chi connectivity index (χ0) is 13.6. The fourth-order valence-corrected chi connectivity index (χ4v) is 1.94. The van der Waals surface area contributed by atoms with Gasteiger partial charge in [0.05, 0.1) is 12.7 Å². The van der Waals surface area contributed by atoms with E-state index in [1.807, 2.05) is 19.1 Å². The van der Waals surface area contributed by atoms with Gasteiger partial charge in [0.25, 0.3) is 0 Å². The van der Waals surface area contributed by atoms with E-state index >= 15 is 0 Å². The van der Waals surface area contributed by atoms with Crippen molar-refractivity contribution in [2.45, 2.75) is 58.5 Å². The van der Waals surface area contributed by atoms with E-state index in [1.54, 1.807) is 0 Å². The average molecular weight is 250 g/mol. The quantitative estimate of drug-likeness (QED) is 0.776. The zero-order valence-corrected chi connectivity index (χ0v) is 12.1. The average Bonchev–Trinajstić information content (AvgIpc) is 2.27. The lowest BCUT2D eigenvalue weighted by atomic mass is 9.86. The van der Waals surface area contributed by atoms with Crippen LogP contribution in [0.25, 0.3) is 0 Å². The van der Waals surface area contributed by atoms with Gasteiger partial charge in [-0.15, -0.1) is 0 Å². The molecule has 0 spiro atoms. The third-order valence-corrected chi connectivity index (χ3v) is 2.97. The second-order valence-corrected chi connectivity index (χ2v) is 5.94. The highest BCUT2D eigenvalue weighted by Crippen LogP contribution is 2.30. The maximum atomic E-state index is 9.18. The van der Waals surface area contributed by atoms with Crippen molar-refractivity contribution in [2.24, 2.45) is 0 Å². The number of hydrogen-bond acceptors (Lipinski definition) is 2. The molecule has 0 amide bonds. The SMILES string of the molecule is CC(O)CCCCOc1ccccc1C(C)(C)C. The number of benzene rings is 1. The van der Waals surface area contributed by atoms with E-state index in [1.165, 1.54) is 5.56 Å². The monoisotopic (exact) mass is 250 g/mol. The molecule has 0 heterocycles. The van der Waals surface area contributed by atoms with E-state index in [-0.39, 0.29) is 11.5 Å². The molecule has 0 saturated heterocycles. The molecule has 0 bridgehead atoms. The van der Waals surface area contributed by atoms with Gasteiger partial charge in [-0.3, -0.25) is 0 Å². The summed E-state index contributed by atoms with van der Waals surface area (Å²) in [5.41, 5.74) is 1.36. The molecule has 0 aliphatic carbocycles. The van der Waals surface area contributed by atoms with Gasteiger partial charge in [-0.25, -0.2) is 0 Å². The van der Waals surface area contributed by atoms with Crippen LogP contribution in [0.5, 0.6) is 5.75 Å². The van der Waals surface area contributed by atoms with Gasteiger partial charge >= 0.3 is 0 Å². The summed E-state index contributed by atoms with van der Waals surface area (Å²) < 4.78 is 5.86. The Morgan fingerprint density at radius 2 is 1.83 bits per heavy atom. The minimum Gasteiger partial charge on any atom is -0.493 e. The lowest BCUT2D eigenvalue weighted by Gasteiger charge is -2.22. The van der Waals surface area contributed by atoms with Crippen molar-refractivity contribution in [3.05, 3.63) is 29.8 Å². The zero-order valence-electron chi connectivity index (χ0n) is 12.1. The van der Waals surface area contributed by atoms with E-state index in [9.17, 15) is 5.11 Å². The summed E-state index contributed by atoms with van der Waals surface area (Å²) >= 11 is 0. The topological polar surface area (TPSA) is 29.5 Å². The number of unbranched alkanes of at least 4 members (excludes halogenated alkanes) is 1. The van der Waals surface area contributed by atoms with Crippen molar-refractivity contribution >= 4 is 0 Å². The van der Waals surface area contributed by atoms with Crippen LogP contribution in [-0.4, -0.2) is 17.8 Å². The normalized spacial score (nSPS) is 13.4. The van der Waals surface area contributed by atoms with Crippen LogP contribution in [-0.2, 0) is 5.41 Å². The van der Waals surface area contributed by atoms with Crippen molar-refractivity contribution in [3.8, 4) is 5.75 Å². The number of aliphatic hydroxyl groups excluding tert-OH is 1. The van der Waals surface area contributed by atoms with Gasteiger partial charge < -0.3 is 9.84 Å². The standard InChI is InChI=1S/C16H26O2/c1-13(17)9-7-8-12-18-15-11-6-5-10-14(15)16(2,3)4/h5-6,10-11,13,17H,7-9,12H2,1-4H3. The van der Waals surface area contributed by atoms with E-state index in [2.05, 4.69) is 32.9 Å². The highest BCUT2D eigenvalue weighted by atomic mass is 16.5. The number of aliphatic hydroxyl groups is 1. The fraction of sp³-hybridized carbons (Fsp3) is 0.625. The van der Waals surface area contributed by atoms with Gasteiger partial charge in [-0.2, -0.15) is 0 Å². The van der Waals surface area contributed by atoms with Crippen molar-refractivity contribution in [2.75, 3.05) is 6.61 Å². The first-order chi connectivity index (χ1) is 8.41. The Labute approximate surface area is 111 Å². The summed E-state index contributed by atoms with van der Waals surface area (Å²) in [5.74, 6) is 0.988. The number of ether oxygens (including phenoxy) is 1. The summed E-state index contributed by atoms with van der Waals surface area (Å²) in [5, 5.41) is 9.18. The molecule has 0 aliphatic rings. The van der Waals surface area contributed by atoms with Crippen LogP contribution in [0, 0.1) is 0 Å². The molecule has 1 unspecified atom stereocenters. The van der Waals surface area contributed by atoms with Crippen LogP contribution in [0.2, 0.25) is 0 Å². The van der Waals surface area contributed by atoms with Gasteiger partial charge in [0.15, 0.2) is 0 Å². The molecule has 0 saturated carbocycles. The van der Waals surface area contributed by atoms with Crippen molar-refractivity contribution < 1.29 is 9.84 Å². The molecule has 0 fully saturated rings. The molecule has 1 aromatic carbocycles.